The Morgan fingerprint density at radius 2 is 2.17 bits per heavy atom. The minimum atomic E-state index is -4.37. The Labute approximate surface area is 108 Å². The number of hydrogen-bond acceptors (Lipinski definition) is 5. The van der Waals surface area contributed by atoms with Crippen LogP contribution in [0, 0.1) is 0 Å². The zero-order valence-electron chi connectivity index (χ0n) is 9.21. The van der Waals surface area contributed by atoms with Crippen molar-refractivity contribution in [1.29, 1.82) is 0 Å². The number of sulfonamides is 1. The molecule has 0 radical (unpaired) electrons. The van der Waals surface area contributed by atoms with Gasteiger partial charge in [-0.2, -0.15) is 8.42 Å². The number of carbonyl (C=O) groups excluding carboxylic acids is 2. The fourth-order valence-corrected chi connectivity index (χ4v) is 2.64. The van der Waals surface area contributed by atoms with E-state index >= 15 is 0 Å². The standard InChI is InChI=1S/C10H8ClNO5S/c1-2-17-10(14)7-4-3-5-8(11)9(7)18(15,16)12-6-13/h3-5H,2H2,1H3. The Kier molecular flexibility index (Phi) is 4.61. The zero-order valence-corrected chi connectivity index (χ0v) is 10.8. The number of rotatable bonds is 4. The van der Waals surface area contributed by atoms with Crippen LogP contribution in [0.3, 0.4) is 0 Å². The van der Waals surface area contributed by atoms with Gasteiger partial charge in [0.15, 0.2) is 0 Å². The topological polar surface area (TPSA) is 89.9 Å². The summed E-state index contributed by atoms with van der Waals surface area (Å²) in [6.07, 6.45) is 0.908. The molecule has 0 N–H and O–H groups in total. The molecule has 0 saturated carbocycles. The van der Waals surface area contributed by atoms with Crippen LogP contribution in [0.4, 0.5) is 0 Å². The van der Waals surface area contributed by atoms with E-state index in [1.807, 2.05) is 0 Å². The van der Waals surface area contributed by atoms with Gasteiger partial charge in [0.05, 0.1) is 17.2 Å². The average Bonchev–Trinajstić information content (AvgIpc) is 2.28. The predicted molar refractivity (Wildman–Crippen MR) is 62.7 cm³/mol. The SMILES string of the molecule is CCOC(=O)c1cccc(Cl)c1S(=O)(=O)N=C=O. The largest absolute Gasteiger partial charge is 0.462 e. The molecule has 0 saturated heterocycles. The van der Waals surface area contributed by atoms with Crippen LogP contribution in [0.5, 0.6) is 0 Å². The molecule has 0 fully saturated rings. The minimum absolute atomic E-state index is 0.0712. The molecule has 18 heavy (non-hydrogen) atoms. The van der Waals surface area contributed by atoms with E-state index in [1.165, 1.54) is 18.2 Å². The van der Waals surface area contributed by atoms with Crippen LogP contribution >= 0.6 is 11.6 Å². The highest BCUT2D eigenvalue weighted by molar-refractivity contribution is 7.90. The number of isocyanates is 1. The zero-order chi connectivity index (χ0) is 13.8. The number of carbonyl (C=O) groups is 1. The van der Waals surface area contributed by atoms with Crippen molar-refractivity contribution >= 4 is 33.7 Å². The molecule has 0 atom stereocenters. The molecule has 1 aromatic rings. The molecule has 0 aliphatic carbocycles. The van der Waals surface area contributed by atoms with E-state index in [4.69, 9.17) is 16.3 Å². The van der Waals surface area contributed by atoms with Crippen LogP contribution in [0.1, 0.15) is 17.3 Å². The van der Waals surface area contributed by atoms with E-state index in [9.17, 15) is 18.0 Å². The molecule has 0 aliphatic heterocycles. The maximum Gasteiger partial charge on any atom is 0.339 e. The summed E-state index contributed by atoms with van der Waals surface area (Å²) < 4.78 is 30.7. The van der Waals surface area contributed by atoms with E-state index < -0.39 is 20.9 Å². The van der Waals surface area contributed by atoms with Crippen molar-refractivity contribution in [2.24, 2.45) is 4.40 Å². The van der Waals surface area contributed by atoms with Gasteiger partial charge in [0.2, 0.25) is 0 Å². The minimum Gasteiger partial charge on any atom is -0.462 e. The van der Waals surface area contributed by atoms with Crippen LogP contribution in [-0.4, -0.2) is 27.1 Å². The van der Waals surface area contributed by atoms with Crippen molar-refractivity contribution < 1.29 is 22.7 Å². The third kappa shape index (κ3) is 2.95. The molecule has 1 aromatic carbocycles. The quantitative estimate of drug-likeness (QED) is 0.476. The Morgan fingerprint density at radius 3 is 2.72 bits per heavy atom. The van der Waals surface area contributed by atoms with E-state index in [0.29, 0.717) is 0 Å². The number of esters is 1. The van der Waals surface area contributed by atoms with Crippen molar-refractivity contribution in [3.63, 3.8) is 0 Å². The van der Waals surface area contributed by atoms with Crippen molar-refractivity contribution in [2.75, 3.05) is 6.61 Å². The van der Waals surface area contributed by atoms with Crippen molar-refractivity contribution in [3.05, 3.63) is 28.8 Å². The first-order valence-electron chi connectivity index (χ1n) is 4.73. The van der Waals surface area contributed by atoms with Gasteiger partial charge in [-0.05, 0) is 19.1 Å². The maximum atomic E-state index is 11.7. The van der Waals surface area contributed by atoms with E-state index in [2.05, 4.69) is 4.40 Å². The van der Waals surface area contributed by atoms with Crippen molar-refractivity contribution in [2.45, 2.75) is 11.8 Å². The van der Waals surface area contributed by atoms with E-state index in [-0.39, 0.29) is 17.2 Å². The van der Waals surface area contributed by atoms with Gasteiger partial charge in [0.25, 0.3) is 16.1 Å². The summed E-state index contributed by atoms with van der Waals surface area (Å²) in [5, 5.41) is -0.223. The first-order chi connectivity index (χ1) is 8.44. The van der Waals surface area contributed by atoms with Crippen molar-refractivity contribution in [1.82, 2.24) is 0 Å². The first-order valence-corrected chi connectivity index (χ1v) is 6.55. The average molecular weight is 290 g/mol. The maximum absolute atomic E-state index is 11.7. The molecule has 6 nitrogen and oxygen atoms in total. The third-order valence-corrected chi connectivity index (χ3v) is 3.58. The second kappa shape index (κ2) is 5.77. The number of nitrogens with zero attached hydrogens (tertiary/aromatic N) is 1. The van der Waals surface area contributed by atoms with Crippen LogP contribution < -0.4 is 0 Å². The summed E-state index contributed by atoms with van der Waals surface area (Å²) in [5.41, 5.74) is -0.275. The molecule has 8 heteroatoms. The second-order valence-corrected chi connectivity index (χ2v) is 4.94. The van der Waals surface area contributed by atoms with E-state index in [0.717, 1.165) is 6.08 Å². The van der Waals surface area contributed by atoms with Crippen molar-refractivity contribution in [3.8, 4) is 0 Å². The number of benzene rings is 1. The molecule has 0 heterocycles. The van der Waals surface area contributed by atoms with Crippen LogP contribution in [0.15, 0.2) is 27.5 Å². The number of hydrogen-bond donors (Lipinski definition) is 0. The fourth-order valence-electron chi connectivity index (χ4n) is 1.24. The van der Waals surface area contributed by atoms with Crippen LogP contribution in [0.25, 0.3) is 0 Å². The second-order valence-electron chi connectivity index (χ2n) is 2.99. The fraction of sp³-hybridized carbons (Fsp3) is 0.200. The highest BCUT2D eigenvalue weighted by atomic mass is 35.5. The van der Waals surface area contributed by atoms with Crippen LogP contribution in [-0.2, 0) is 19.6 Å². The first kappa shape index (κ1) is 14.4. The Morgan fingerprint density at radius 1 is 1.50 bits per heavy atom. The Bertz CT molecular complexity index is 619. The monoisotopic (exact) mass is 289 g/mol. The lowest BCUT2D eigenvalue weighted by atomic mass is 10.2. The number of halogens is 1. The summed E-state index contributed by atoms with van der Waals surface area (Å²) in [7, 11) is -4.37. The highest BCUT2D eigenvalue weighted by Gasteiger charge is 2.26. The summed E-state index contributed by atoms with van der Waals surface area (Å²) in [6.45, 7) is 1.64. The summed E-state index contributed by atoms with van der Waals surface area (Å²) in [5.74, 6) is -0.861. The van der Waals surface area contributed by atoms with Gasteiger partial charge >= 0.3 is 5.97 Å². The molecule has 0 unspecified atom stereocenters. The number of ether oxygens (including phenoxy) is 1. The van der Waals surface area contributed by atoms with Gasteiger partial charge in [0, 0.05) is 0 Å². The van der Waals surface area contributed by atoms with E-state index in [1.54, 1.807) is 6.92 Å². The molecular weight excluding hydrogens is 282 g/mol. The van der Waals surface area contributed by atoms with Gasteiger partial charge in [-0.25, -0.2) is 9.59 Å². The summed E-state index contributed by atoms with van der Waals surface area (Å²) in [6, 6.07) is 3.87. The Balaban J connectivity index is 3.52. The van der Waals surface area contributed by atoms with Crippen LogP contribution in [0.2, 0.25) is 5.02 Å². The molecule has 0 aromatic heterocycles. The van der Waals surface area contributed by atoms with Gasteiger partial charge in [-0.1, -0.05) is 22.1 Å². The van der Waals surface area contributed by atoms with Gasteiger partial charge < -0.3 is 4.74 Å². The lowest BCUT2D eigenvalue weighted by molar-refractivity contribution is 0.0522. The lowest BCUT2D eigenvalue weighted by Crippen LogP contribution is -2.11. The highest BCUT2D eigenvalue weighted by Crippen LogP contribution is 2.27. The molecule has 0 bridgehead atoms. The predicted octanol–water partition coefficient (Wildman–Crippen LogP) is 1.54. The molecule has 0 amide bonds. The van der Waals surface area contributed by atoms with Gasteiger partial charge in [-0.3, -0.25) is 0 Å². The summed E-state index contributed by atoms with van der Waals surface area (Å²) in [4.78, 5) is 21.1. The molecular formula is C10H8ClNO5S. The molecule has 0 aliphatic rings. The van der Waals surface area contributed by atoms with Gasteiger partial charge in [0.1, 0.15) is 4.90 Å². The smallest absolute Gasteiger partial charge is 0.339 e. The molecule has 0 spiro atoms. The molecule has 96 valence electrons. The Hall–Kier alpha value is -1.69. The van der Waals surface area contributed by atoms with Gasteiger partial charge in [-0.15, -0.1) is 0 Å². The molecule has 1 rings (SSSR count). The summed E-state index contributed by atoms with van der Waals surface area (Å²) >= 11 is 5.72. The third-order valence-electron chi connectivity index (χ3n) is 1.88. The lowest BCUT2D eigenvalue weighted by Gasteiger charge is -2.07. The normalized spacial score (nSPS) is 10.6.